The third kappa shape index (κ3) is 4.08. The lowest BCUT2D eigenvalue weighted by Crippen LogP contribution is -2.42. The third-order valence-corrected chi connectivity index (χ3v) is 4.17. The Kier molecular flexibility index (Phi) is 5.65. The van der Waals surface area contributed by atoms with Gasteiger partial charge in [-0.3, -0.25) is 9.59 Å². The topological polar surface area (TPSA) is 58.2 Å². The molecule has 25 heavy (non-hydrogen) atoms. The molecule has 0 fully saturated rings. The van der Waals surface area contributed by atoms with Crippen molar-refractivity contribution in [3.05, 3.63) is 58.1 Å². The second-order valence-electron chi connectivity index (χ2n) is 5.73. The average Bonchev–Trinajstić information content (AvgIpc) is 2.54. The van der Waals surface area contributed by atoms with Crippen LogP contribution >= 0.6 is 23.2 Å². The quantitative estimate of drug-likeness (QED) is 0.735. The molecule has 2 N–H and O–H groups in total. The second-order valence-corrected chi connectivity index (χ2v) is 6.54. The van der Waals surface area contributed by atoms with Crippen LogP contribution in [0.25, 0.3) is 0 Å². The highest BCUT2D eigenvalue weighted by Crippen LogP contribution is 2.32. The predicted octanol–water partition coefficient (Wildman–Crippen LogP) is 4.88. The number of para-hydroxylation sites is 2. The molecule has 0 aromatic heterocycles. The van der Waals surface area contributed by atoms with Gasteiger partial charge >= 0.3 is 0 Å². The van der Waals surface area contributed by atoms with E-state index in [0.717, 1.165) is 18.2 Å². The zero-order valence-corrected chi connectivity index (χ0v) is 14.8. The fourth-order valence-electron chi connectivity index (χ4n) is 1.88. The minimum atomic E-state index is -1.66. The molecular weight excluding hydrogens is 373 g/mol. The summed E-state index contributed by atoms with van der Waals surface area (Å²) >= 11 is 12.0. The van der Waals surface area contributed by atoms with Crippen LogP contribution < -0.4 is 10.6 Å². The molecule has 0 saturated heterocycles. The molecule has 0 bridgehead atoms. The Morgan fingerprint density at radius 3 is 1.72 bits per heavy atom. The molecule has 0 aliphatic carbocycles. The van der Waals surface area contributed by atoms with Gasteiger partial charge in [0, 0.05) is 0 Å². The zero-order valence-electron chi connectivity index (χ0n) is 13.3. The molecule has 132 valence electrons. The van der Waals surface area contributed by atoms with Gasteiger partial charge < -0.3 is 10.6 Å². The van der Waals surface area contributed by atoms with Crippen molar-refractivity contribution in [1.82, 2.24) is 0 Å². The first-order valence-corrected chi connectivity index (χ1v) is 7.91. The number of hydrogen-bond donors (Lipinski definition) is 2. The van der Waals surface area contributed by atoms with Gasteiger partial charge in [-0.2, -0.15) is 0 Å². The molecule has 8 heteroatoms. The summed E-state index contributed by atoms with van der Waals surface area (Å²) in [6.45, 7) is 2.61. The summed E-state index contributed by atoms with van der Waals surface area (Å²) in [6.07, 6.45) is 0. The van der Waals surface area contributed by atoms with E-state index in [4.69, 9.17) is 23.2 Å². The summed E-state index contributed by atoms with van der Waals surface area (Å²) in [5, 5.41) is 4.95. The van der Waals surface area contributed by atoms with E-state index in [2.05, 4.69) is 10.6 Å². The van der Waals surface area contributed by atoms with E-state index in [1.54, 1.807) is 6.07 Å². The number of benzene rings is 2. The molecule has 4 nitrogen and oxygen atoms in total. The number of halogens is 4. The van der Waals surface area contributed by atoms with Gasteiger partial charge in [0.25, 0.3) is 0 Å². The molecule has 0 heterocycles. The van der Waals surface area contributed by atoms with E-state index >= 15 is 0 Å². The van der Waals surface area contributed by atoms with E-state index < -0.39 is 34.6 Å². The zero-order chi connectivity index (χ0) is 18.8. The van der Waals surface area contributed by atoms with E-state index in [-0.39, 0.29) is 15.7 Å². The highest BCUT2D eigenvalue weighted by atomic mass is 35.5. The lowest BCUT2D eigenvalue weighted by Gasteiger charge is -2.23. The largest absolute Gasteiger partial charge is 0.323 e. The molecule has 0 saturated carbocycles. The first-order valence-electron chi connectivity index (χ1n) is 7.15. The van der Waals surface area contributed by atoms with Gasteiger partial charge in [-0.25, -0.2) is 8.78 Å². The normalized spacial score (nSPS) is 11.1. The smallest absolute Gasteiger partial charge is 0.239 e. The van der Waals surface area contributed by atoms with Crippen molar-refractivity contribution < 1.29 is 18.4 Å². The minimum absolute atomic E-state index is 0.147. The summed E-state index contributed by atoms with van der Waals surface area (Å²) in [5.74, 6) is -3.52. The van der Waals surface area contributed by atoms with Crippen LogP contribution in [-0.4, -0.2) is 11.8 Å². The summed E-state index contributed by atoms with van der Waals surface area (Å²) in [7, 11) is 0. The van der Waals surface area contributed by atoms with Gasteiger partial charge in [0.2, 0.25) is 11.8 Å². The van der Waals surface area contributed by atoms with Crippen LogP contribution in [0.5, 0.6) is 0 Å². The molecule has 0 spiro atoms. The Labute approximate surface area is 153 Å². The fraction of sp³-hybridized carbons (Fsp3) is 0.176. The van der Waals surface area contributed by atoms with E-state index in [9.17, 15) is 18.4 Å². The molecule has 0 aliphatic rings. The van der Waals surface area contributed by atoms with Crippen LogP contribution in [0.4, 0.5) is 20.2 Å². The fourth-order valence-corrected chi connectivity index (χ4v) is 2.37. The number of anilines is 2. The molecule has 0 aliphatic heterocycles. The Morgan fingerprint density at radius 2 is 1.24 bits per heavy atom. The summed E-state index contributed by atoms with van der Waals surface area (Å²) in [4.78, 5) is 24.8. The molecule has 2 rings (SSSR count). The SMILES string of the molecule is CC(C)(C(=O)Nc1c(F)cccc1F)C(=O)Nc1c(Cl)cccc1Cl. The second kappa shape index (κ2) is 7.37. The maximum atomic E-state index is 13.7. The molecular formula is C17H14Cl2F2N2O2. The van der Waals surface area contributed by atoms with Gasteiger partial charge in [-0.15, -0.1) is 0 Å². The Hall–Kier alpha value is -2.18. The van der Waals surface area contributed by atoms with E-state index in [0.29, 0.717) is 0 Å². The van der Waals surface area contributed by atoms with Crippen LogP contribution in [0.2, 0.25) is 10.0 Å². The minimum Gasteiger partial charge on any atom is -0.323 e. The van der Waals surface area contributed by atoms with E-state index in [1.807, 2.05) is 0 Å². The highest BCUT2D eigenvalue weighted by Gasteiger charge is 2.37. The number of nitrogens with one attached hydrogen (secondary N) is 2. The van der Waals surface area contributed by atoms with E-state index in [1.165, 1.54) is 26.0 Å². The molecule has 0 atom stereocenters. The van der Waals surface area contributed by atoms with Crippen LogP contribution in [0.1, 0.15) is 13.8 Å². The summed E-state index contributed by atoms with van der Waals surface area (Å²) in [5.41, 5.74) is -2.13. The number of amides is 2. The molecule has 2 aromatic carbocycles. The molecule has 2 aromatic rings. The van der Waals surface area contributed by atoms with Crippen LogP contribution in [-0.2, 0) is 9.59 Å². The highest BCUT2D eigenvalue weighted by molar-refractivity contribution is 6.40. The van der Waals surface area contributed by atoms with Crippen molar-refractivity contribution in [1.29, 1.82) is 0 Å². The summed E-state index contributed by atoms with van der Waals surface area (Å²) in [6, 6.07) is 7.79. The number of carbonyl (C=O) groups excluding carboxylic acids is 2. The van der Waals surface area contributed by atoms with Crippen molar-refractivity contribution in [2.45, 2.75) is 13.8 Å². The standard InChI is InChI=1S/C17H14Cl2F2N2O2/c1-17(2,15(24)22-13-9(18)5-3-6-10(13)19)16(25)23-14-11(20)7-4-8-12(14)21/h3-8H,1-2H3,(H,22,24)(H,23,25). The average molecular weight is 387 g/mol. The first kappa shape index (κ1) is 19.1. The Morgan fingerprint density at radius 1 is 0.840 bits per heavy atom. The van der Waals surface area contributed by atoms with Crippen LogP contribution in [0, 0.1) is 17.0 Å². The van der Waals surface area contributed by atoms with Crippen LogP contribution in [0.15, 0.2) is 36.4 Å². The van der Waals surface area contributed by atoms with Gasteiger partial charge in [0.05, 0.1) is 15.7 Å². The molecule has 0 unspecified atom stereocenters. The van der Waals surface area contributed by atoms with Gasteiger partial charge in [-0.1, -0.05) is 35.3 Å². The van der Waals surface area contributed by atoms with Crippen LogP contribution in [0.3, 0.4) is 0 Å². The van der Waals surface area contributed by atoms with Gasteiger partial charge in [0.1, 0.15) is 22.7 Å². The lowest BCUT2D eigenvalue weighted by atomic mass is 9.90. The first-order chi connectivity index (χ1) is 11.6. The van der Waals surface area contributed by atoms with Gasteiger partial charge in [0.15, 0.2) is 0 Å². The maximum Gasteiger partial charge on any atom is 0.239 e. The predicted molar refractivity (Wildman–Crippen MR) is 93.9 cm³/mol. The Bertz CT molecular complexity index is 733. The molecule has 2 amide bonds. The third-order valence-electron chi connectivity index (χ3n) is 3.54. The van der Waals surface area contributed by atoms with Gasteiger partial charge in [-0.05, 0) is 38.1 Å². The number of rotatable bonds is 4. The lowest BCUT2D eigenvalue weighted by molar-refractivity contribution is -0.135. The Balaban J connectivity index is 2.22. The maximum absolute atomic E-state index is 13.7. The monoisotopic (exact) mass is 386 g/mol. The van der Waals surface area contributed by atoms with Crippen molar-refractivity contribution >= 4 is 46.4 Å². The number of carbonyl (C=O) groups is 2. The number of hydrogen-bond acceptors (Lipinski definition) is 2. The van der Waals surface area contributed by atoms with Crippen molar-refractivity contribution in [2.75, 3.05) is 10.6 Å². The summed E-state index contributed by atoms with van der Waals surface area (Å²) < 4.78 is 27.3. The van der Waals surface area contributed by atoms with Crippen molar-refractivity contribution in [2.24, 2.45) is 5.41 Å². The molecule has 0 radical (unpaired) electrons. The van der Waals surface area contributed by atoms with Crippen molar-refractivity contribution in [3.63, 3.8) is 0 Å². The van der Waals surface area contributed by atoms with Crippen molar-refractivity contribution in [3.8, 4) is 0 Å².